The number of pyridine rings is 1. The second-order valence-electron chi connectivity index (χ2n) is 4.08. The fraction of sp³-hybridized carbons (Fsp3) is 0.462. The molecule has 1 aromatic rings. The van der Waals surface area contributed by atoms with Gasteiger partial charge < -0.3 is 9.80 Å². The molecule has 3 heteroatoms. The van der Waals surface area contributed by atoms with Crippen molar-refractivity contribution in [2.75, 3.05) is 37.6 Å². The molecule has 1 aliphatic heterocycles. The number of hydrogen-bond donors (Lipinski definition) is 0. The van der Waals surface area contributed by atoms with Gasteiger partial charge in [0, 0.05) is 32.4 Å². The van der Waals surface area contributed by atoms with Crippen molar-refractivity contribution in [1.29, 1.82) is 0 Å². The molecular weight excluding hydrogens is 198 g/mol. The molecule has 1 saturated heterocycles. The van der Waals surface area contributed by atoms with Gasteiger partial charge in [0.1, 0.15) is 5.82 Å². The molecule has 0 aromatic carbocycles. The molecule has 3 nitrogen and oxygen atoms in total. The lowest BCUT2D eigenvalue weighted by molar-refractivity contribution is 0.270. The second-order valence-corrected chi connectivity index (χ2v) is 4.08. The van der Waals surface area contributed by atoms with Crippen LogP contribution in [0.1, 0.15) is 12.5 Å². The lowest BCUT2D eigenvalue weighted by Crippen LogP contribution is -2.46. The van der Waals surface area contributed by atoms with Gasteiger partial charge in [0.2, 0.25) is 0 Å². The molecule has 0 unspecified atom stereocenters. The predicted molar refractivity (Wildman–Crippen MR) is 68.7 cm³/mol. The van der Waals surface area contributed by atoms with Crippen LogP contribution in [0.5, 0.6) is 0 Å². The Kier molecular flexibility index (Phi) is 3.57. The highest BCUT2D eigenvalue weighted by Crippen LogP contribution is 2.14. The smallest absolute Gasteiger partial charge is 0.128 e. The van der Waals surface area contributed by atoms with Crippen LogP contribution in [0.2, 0.25) is 0 Å². The van der Waals surface area contributed by atoms with Crippen LogP contribution in [0.25, 0.3) is 6.08 Å². The number of rotatable bonds is 3. The Labute approximate surface area is 97.4 Å². The summed E-state index contributed by atoms with van der Waals surface area (Å²) in [6, 6.07) is 4.15. The van der Waals surface area contributed by atoms with Gasteiger partial charge in [0.05, 0.1) is 0 Å². The molecule has 1 aromatic heterocycles. The van der Waals surface area contributed by atoms with Gasteiger partial charge in [-0.15, -0.1) is 0 Å². The van der Waals surface area contributed by atoms with E-state index in [0.29, 0.717) is 0 Å². The van der Waals surface area contributed by atoms with Gasteiger partial charge in [0.25, 0.3) is 0 Å². The highest BCUT2D eigenvalue weighted by molar-refractivity contribution is 5.49. The summed E-state index contributed by atoms with van der Waals surface area (Å²) in [5.41, 5.74) is 1.08. The Morgan fingerprint density at radius 1 is 1.31 bits per heavy atom. The normalized spacial score (nSPS) is 17.4. The number of likely N-dealkylation sites (N-methyl/N-ethyl adjacent to an activating group) is 1. The standard InChI is InChI=1S/C13H19N3/c1-3-12-5-6-13(14-11-12)16-9-7-15(4-2)8-10-16/h3,5-6,11H,1,4,7-10H2,2H3. The van der Waals surface area contributed by atoms with Gasteiger partial charge in [-0.1, -0.05) is 19.6 Å². The lowest BCUT2D eigenvalue weighted by Gasteiger charge is -2.34. The Hall–Kier alpha value is -1.35. The summed E-state index contributed by atoms with van der Waals surface area (Å²) in [5, 5.41) is 0. The minimum atomic E-state index is 1.08. The molecule has 16 heavy (non-hydrogen) atoms. The zero-order valence-corrected chi connectivity index (χ0v) is 9.89. The predicted octanol–water partition coefficient (Wildman–Crippen LogP) is 1.87. The first-order chi connectivity index (χ1) is 7.83. The van der Waals surface area contributed by atoms with Crippen LogP contribution in [0, 0.1) is 0 Å². The lowest BCUT2D eigenvalue weighted by atomic mass is 10.2. The van der Waals surface area contributed by atoms with Gasteiger partial charge in [-0.25, -0.2) is 4.98 Å². The molecule has 2 heterocycles. The summed E-state index contributed by atoms with van der Waals surface area (Å²) < 4.78 is 0. The maximum absolute atomic E-state index is 4.46. The van der Waals surface area contributed by atoms with Gasteiger partial charge in [0.15, 0.2) is 0 Å². The maximum Gasteiger partial charge on any atom is 0.128 e. The summed E-state index contributed by atoms with van der Waals surface area (Å²) in [4.78, 5) is 9.27. The molecule has 86 valence electrons. The third-order valence-electron chi connectivity index (χ3n) is 3.15. The van der Waals surface area contributed by atoms with Crippen molar-refractivity contribution in [3.63, 3.8) is 0 Å². The second kappa shape index (κ2) is 5.12. The number of hydrogen-bond acceptors (Lipinski definition) is 3. The number of aromatic nitrogens is 1. The van der Waals surface area contributed by atoms with Crippen LogP contribution in [0.4, 0.5) is 5.82 Å². The van der Waals surface area contributed by atoms with Gasteiger partial charge >= 0.3 is 0 Å². The average Bonchev–Trinajstić information content (AvgIpc) is 2.39. The maximum atomic E-state index is 4.46. The van der Waals surface area contributed by atoms with Crippen molar-refractivity contribution in [2.45, 2.75) is 6.92 Å². The van der Waals surface area contributed by atoms with Gasteiger partial charge in [-0.05, 0) is 24.2 Å². The largest absolute Gasteiger partial charge is 0.354 e. The van der Waals surface area contributed by atoms with Crippen molar-refractivity contribution >= 4 is 11.9 Å². The van der Waals surface area contributed by atoms with Crippen LogP contribution in [-0.4, -0.2) is 42.6 Å². The Morgan fingerprint density at radius 3 is 2.56 bits per heavy atom. The van der Waals surface area contributed by atoms with E-state index >= 15 is 0 Å². The summed E-state index contributed by atoms with van der Waals surface area (Å²) in [6.07, 6.45) is 3.71. The first-order valence-corrected chi connectivity index (χ1v) is 5.89. The van der Waals surface area contributed by atoms with E-state index in [0.717, 1.165) is 44.1 Å². The third kappa shape index (κ3) is 2.42. The highest BCUT2D eigenvalue weighted by Gasteiger charge is 2.16. The van der Waals surface area contributed by atoms with Crippen LogP contribution in [-0.2, 0) is 0 Å². The summed E-state index contributed by atoms with van der Waals surface area (Å²) in [7, 11) is 0. The molecule has 1 aliphatic rings. The Bertz CT molecular complexity index is 337. The van der Waals surface area contributed by atoms with Crippen LogP contribution >= 0.6 is 0 Å². The van der Waals surface area contributed by atoms with Crippen molar-refractivity contribution in [2.24, 2.45) is 0 Å². The monoisotopic (exact) mass is 217 g/mol. The summed E-state index contributed by atoms with van der Waals surface area (Å²) in [6.45, 7) is 11.5. The van der Waals surface area contributed by atoms with Crippen LogP contribution in [0.15, 0.2) is 24.9 Å². The van der Waals surface area contributed by atoms with E-state index in [1.807, 2.05) is 12.3 Å². The molecule has 0 amide bonds. The molecule has 0 spiro atoms. The van der Waals surface area contributed by atoms with Crippen molar-refractivity contribution in [1.82, 2.24) is 9.88 Å². The van der Waals surface area contributed by atoms with E-state index in [9.17, 15) is 0 Å². The SMILES string of the molecule is C=Cc1ccc(N2CCN(CC)CC2)nc1. The van der Waals surface area contributed by atoms with E-state index in [4.69, 9.17) is 0 Å². The van der Waals surface area contributed by atoms with Crippen LogP contribution < -0.4 is 4.90 Å². The van der Waals surface area contributed by atoms with E-state index in [-0.39, 0.29) is 0 Å². The molecule has 0 saturated carbocycles. The minimum Gasteiger partial charge on any atom is -0.354 e. The van der Waals surface area contributed by atoms with Crippen molar-refractivity contribution < 1.29 is 0 Å². The molecule has 0 aliphatic carbocycles. The zero-order valence-electron chi connectivity index (χ0n) is 9.89. The van der Waals surface area contributed by atoms with Gasteiger partial charge in [-0.2, -0.15) is 0 Å². The summed E-state index contributed by atoms with van der Waals surface area (Å²) in [5.74, 6) is 1.08. The molecule has 0 atom stereocenters. The first-order valence-electron chi connectivity index (χ1n) is 5.89. The quantitative estimate of drug-likeness (QED) is 0.770. The van der Waals surface area contributed by atoms with Crippen molar-refractivity contribution in [3.8, 4) is 0 Å². The van der Waals surface area contributed by atoms with Crippen LogP contribution in [0.3, 0.4) is 0 Å². The average molecular weight is 217 g/mol. The Balaban J connectivity index is 1.99. The number of anilines is 1. The molecule has 0 radical (unpaired) electrons. The Morgan fingerprint density at radius 2 is 2.06 bits per heavy atom. The first kappa shape index (κ1) is 11.1. The molecule has 2 rings (SSSR count). The van der Waals surface area contributed by atoms with Crippen molar-refractivity contribution in [3.05, 3.63) is 30.5 Å². The zero-order chi connectivity index (χ0) is 11.4. The van der Waals surface area contributed by atoms with E-state index < -0.39 is 0 Å². The van der Waals surface area contributed by atoms with E-state index in [2.05, 4.69) is 40.4 Å². The van der Waals surface area contributed by atoms with E-state index in [1.165, 1.54) is 0 Å². The fourth-order valence-corrected chi connectivity index (χ4v) is 2.00. The fourth-order valence-electron chi connectivity index (χ4n) is 2.00. The molecule has 0 bridgehead atoms. The summed E-state index contributed by atoms with van der Waals surface area (Å²) >= 11 is 0. The van der Waals surface area contributed by atoms with Gasteiger partial charge in [-0.3, -0.25) is 0 Å². The topological polar surface area (TPSA) is 19.4 Å². The number of piperazine rings is 1. The highest BCUT2D eigenvalue weighted by atomic mass is 15.3. The number of nitrogens with zero attached hydrogens (tertiary/aromatic N) is 3. The third-order valence-corrected chi connectivity index (χ3v) is 3.15. The molecule has 0 N–H and O–H groups in total. The molecule has 1 fully saturated rings. The van der Waals surface area contributed by atoms with E-state index in [1.54, 1.807) is 0 Å². The minimum absolute atomic E-state index is 1.08. The molecular formula is C13H19N3.